The fourth-order valence-electron chi connectivity index (χ4n) is 2.48. The molecule has 0 saturated carbocycles. The van der Waals surface area contributed by atoms with E-state index in [9.17, 15) is 10.1 Å². The maximum Gasteiger partial charge on any atom is 0.262 e. The van der Waals surface area contributed by atoms with Crippen molar-refractivity contribution in [2.75, 3.05) is 7.11 Å². The van der Waals surface area contributed by atoms with E-state index in [1.807, 2.05) is 25.1 Å². The minimum absolute atomic E-state index is 0.0505. The zero-order chi connectivity index (χ0) is 18.4. The van der Waals surface area contributed by atoms with E-state index in [2.05, 4.69) is 19.2 Å². The van der Waals surface area contributed by atoms with Crippen LogP contribution in [0.5, 0.6) is 5.75 Å². The highest BCUT2D eigenvalue weighted by molar-refractivity contribution is 6.01. The van der Waals surface area contributed by atoms with Crippen LogP contribution in [0.3, 0.4) is 0 Å². The van der Waals surface area contributed by atoms with Crippen molar-refractivity contribution in [3.8, 4) is 11.8 Å². The fraction of sp³-hybridized carbons (Fsp3) is 0.300. The zero-order valence-corrected chi connectivity index (χ0v) is 14.9. The number of nitrogens with zero attached hydrogens (tertiary/aromatic N) is 1. The van der Waals surface area contributed by atoms with Crippen LogP contribution in [0, 0.1) is 18.3 Å². The maximum absolute atomic E-state index is 12.3. The molecule has 0 spiro atoms. The van der Waals surface area contributed by atoms with Gasteiger partial charge in [0, 0.05) is 0 Å². The molecule has 0 aliphatic rings. The van der Waals surface area contributed by atoms with Gasteiger partial charge in [0.05, 0.1) is 19.9 Å². The molecule has 1 N–H and O–H groups in total. The standard InChI is InChI=1S/C20H22N2O3/c1-13(2)18-10-15(14(3)8-19(18)24-4)9-16(11-21)20(23)22-12-17-6-5-7-25-17/h5-10,13H,12H2,1-4H3,(H,22,23)/b16-9-. The number of methoxy groups -OCH3 is 1. The number of hydrogen-bond acceptors (Lipinski definition) is 4. The summed E-state index contributed by atoms with van der Waals surface area (Å²) in [6, 6.07) is 9.38. The van der Waals surface area contributed by atoms with Gasteiger partial charge in [-0.2, -0.15) is 5.26 Å². The molecule has 0 aliphatic heterocycles. The summed E-state index contributed by atoms with van der Waals surface area (Å²) in [6.07, 6.45) is 3.15. The van der Waals surface area contributed by atoms with Gasteiger partial charge < -0.3 is 14.5 Å². The number of amides is 1. The van der Waals surface area contributed by atoms with Gasteiger partial charge in [0.25, 0.3) is 5.91 Å². The molecule has 2 aromatic rings. The van der Waals surface area contributed by atoms with Gasteiger partial charge in [-0.15, -0.1) is 0 Å². The average Bonchev–Trinajstić information content (AvgIpc) is 3.11. The highest BCUT2D eigenvalue weighted by Crippen LogP contribution is 2.30. The quantitative estimate of drug-likeness (QED) is 0.639. The highest BCUT2D eigenvalue weighted by Gasteiger charge is 2.13. The Bertz CT molecular complexity index is 812. The lowest BCUT2D eigenvalue weighted by Crippen LogP contribution is -2.23. The number of nitrogens with one attached hydrogen (secondary N) is 1. The molecule has 1 heterocycles. The maximum atomic E-state index is 12.3. The molecular formula is C20H22N2O3. The van der Waals surface area contributed by atoms with Gasteiger partial charge in [0.15, 0.2) is 0 Å². The van der Waals surface area contributed by atoms with E-state index < -0.39 is 5.91 Å². The van der Waals surface area contributed by atoms with Gasteiger partial charge in [-0.25, -0.2) is 0 Å². The lowest BCUT2D eigenvalue weighted by Gasteiger charge is -2.15. The highest BCUT2D eigenvalue weighted by atomic mass is 16.5. The Morgan fingerprint density at radius 1 is 1.44 bits per heavy atom. The van der Waals surface area contributed by atoms with Crippen LogP contribution in [0.25, 0.3) is 6.08 Å². The summed E-state index contributed by atoms with van der Waals surface area (Å²) in [6.45, 7) is 6.31. The number of ether oxygens (including phenoxy) is 1. The number of furan rings is 1. The second kappa shape index (κ2) is 8.20. The van der Waals surface area contributed by atoms with Crippen molar-refractivity contribution in [3.63, 3.8) is 0 Å². The topological polar surface area (TPSA) is 75.3 Å². The molecule has 0 bridgehead atoms. The first-order valence-corrected chi connectivity index (χ1v) is 8.07. The molecule has 1 aromatic heterocycles. The lowest BCUT2D eigenvalue weighted by molar-refractivity contribution is -0.117. The smallest absolute Gasteiger partial charge is 0.262 e. The summed E-state index contributed by atoms with van der Waals surface area (Å²) in [4.78, 5) is 12.3. The van der Waals surface area contributed by atoms with Crippen LogP contribution < -0.4 is 10.1 Å². The number of rotatable bonds is 6. The number of carbonyl (C=O) groups is 1. The van der Waals surface area contributed by atoms with E-state index in [-0.39, 0.29) is 18.0 Å². The predicted molar refractivity (Wildman–Crippen MR) is 96.0 cm³/mol. The first kappa shape index (κ1) is 18.3. The molecule has 5 heteroatoms. The molecule has 0 aliphatic carbocycles. The monoisotopic (exact) mass is 338 g/mol. The third-order valence-corrected chi connectivity index (χ3v) is 3.91. The first-order chi connectivity index (χ1) is 12.0. The van der Waals surface area contributed by atoms with E-state index in [0.717, 1.165) is 22.4 Å². The Hall–Kier alpha value is -3.00. The number of benzene rings is 1. The van der Waals surface area contributed by atoms with Gasteiger partial charge in [-0.1, -0.05) is 13.8 Å². The Morgan fingerprint density at radius 3 is 2.76 bits per heavy atom. The summed E-state index contributed by atoms with van der Waals surface area (Å²) in [5.41, 5.74) is 2.85. The van der Waals surface area contributed by atoms with Crippen LogP contribution in [-0.4, -0.2) is 13.0 Å². The third-order valence-electron chi connectivity index (χ3n) is 3.91. The van der Waals surface area contributed by atoms with E-state index in [4.69, 9.17) is 9.15 Å². The van der Waals surface area contributed by atoms with Crippen LogP contribution in [0.1, 0.15) is 42.2 Å². The molecule has 5 nitrogen and oxygen atoms in total. The zero-order valence-electron chi connectivity index (χ0n) is 14.9. The van der Waals surface area contributed by atoms with Crippen LogP contribution in [0.4, 0.5) is 0 Å². The van der Waals surface area contributed by atoms with Gasteiger partial charge in [-0.3, -0.25) is 4.79 Å². The van der Waals surface area contributed by atoms with E-state index >= 15 is 0 Å². The average molecular weight is 338 g/mol. The van der Waals surface area contributed by atoms with Crippen molar-refractivity contribution in [2.24, 2.45) is 0 Å². The Balaban J connectivity index is 2.27. The van der Waals surface area contributed by atoms with Gasteiger partial charge in [0.2, 0.25) is 0 Å². The summed E-state index contributed by atoms with van der Waals surface area (Å²) in [5, 5.41) is 12.0. The second-order valence-electron chi connectivity index (χ2n) is 6.04. The number of nitriles is 1. The predicted octanol–water partition coefficient (Wildman–Crippen LogP) is 3.94. The van der Waals surface area contributed by atoms with E-state index in [1.54, 1.807) is 25.3 Å². The molecular weight excluding hydrogens is 316 g/mol. The van der Waals surface area contributed by atoms with Crippen LogP contribution in [0.15, 0.2) is 40.5 Å². The molecule has 0 saturated heterocycles. The molecule has 1 aromatic carbocycles. The van der Waals surface area contributed by atoms with Gasteiger partial charge in [0.1, 0.15) is 23.2 Å². The lowest BCUT2D eigenvalue weighted by atomic mass is 9.95. The molecule has 0 fully saturated rings. The van der Waals surface area contributed by atoms with Crippen LogP contribution in [-0.2, 0) is 11.3 Å². The van der Waals surface area contributed by atoms with Crippen molar-refractivity contribution in [1.29, 1.82) is 5.26 Å². The summed E-state index contributed by atoms with van der Waals surface area (Å²) >= 11 is 0. The minimum atomic E-state index is -0.430. The first-order valence-electron chi connectivity index (χ1n) is 8.07. The molecule has 0 radical (unpaired) electrons. The fourth-order valence-corrected chi connectivity index (χ4v) is 2.48. The summed E-state index contributed by atoms with van der Waals surface area (Å²) < 4.78 is 10.6. The van der Waals surface area contributed by atoms with Crippen molar-refractivity contribution >= 4 is 12.0 Å². The Kier molecular flexibility index (Phi) is 6.02. The number of aryl methyl sites for hydroxylation is 1. The van der Waals surface area contributed by atoms with E-state index in [1.165, 1.54) is 6.26 Å². The largest absolute Gasteiger partial charge is 0.496 e. The Morgan fingerprint density at radius 2 is 2.20 bits per heavy atom. The SMILES string of the molecule is COc1cc(C)c(/C=C(/C#N)C(=O)NCc2ccco2)cc1C(C)C. The van der Waals surface area contributed by atoms with Crippen molar-refractivity contribution in [1.82, 2.24) is 5.32 Å². The van der Waals surface area contributed by atoms with Crippen molar-refractivity contribution in [2.45, 2.75) is 33.2 Å². The van der Waals surface area contributed by atoms with Crippen molar-refractivity contribution in [3.05, 3.63) is 58.6 Å². The van der Waals surface area contributed by atoms with E-state index in [0.29, 0.717) is 5.76 Å². The third kappa shape index (κ3) is 4.51. The van der Waals surface area contributed by atoms with Gasteiger partial charge in [-0.05, 0) is 59.9 Å². The molecule has 1 amide bonds. The molecule has 0 unspecified atom stereocenters. The van der Waals surface area contributed by atoms with Crippen LogP contribution >= 0.6 is 0 Å². The Labute approximate surface area is 147 Å². The molecule has 130 valence electrons. The molecule has 2 rings (SSSR count). The summed E-state index contributed by atoms with van der Waals surface area (Å²) in [7, 11) is 1.64. The normalized spacial score (nSPS) is 11.3. The summed E-state index contributed by atoms with van der Waals surface area (Å²) in [5.74, 6) is 1.28. The van der Waals surface area contributed by atoms with Crippen molar-refractivity contribution < 1.29 is 13.9 Å². The minimum Gasteiger partial charge on any atom is -0.496 e. The molecule has 0 atom stereocenters. The molecule has 25 heavy (non-hydrogen) atoms. The van der Waals surface area contributed by atoms with Gasteiger partial charge >= 0.3 is 0 Å². The van der Waals surface area contributed by atoms with Crippen LogP contribution in [0.2, 0.25) is 0 Å². The number of hydrogen-bond donors (Lipinski definition) is 1. The number of carbonyl (C=O) groups excluding carboxylic acids is 1. The second-order valence-corrected chi connectivity index (χ2v) is 6.04.